The largest absolute Gasteiger partial charge is 0.295 e. The first-order chi connectivity index (χ1) is 10.0. The number of nitrogens with zero attached hydrogens (tertiary/aromatic N) is 2. The van der Waals surface area contributed by atoms with Crippen LogP contribution in [0.25, 0.3) is 16.7 Å². The van der Waals surface area contributed by atoms with E-state index in [0.717, 1.165) is 16.8 Å². The number of hydrogen-bond acceptors (Lipinski definition) is 1. The summed E-state index contributed by atoms with van der Waals surface area (Å²) in [7, 11) is 0. The van der Waals surface area contributed by atoms with Gasteiger partial charge in [-0.15, -0.1) is 11.6 Å². The van der Waals surface area contributed by atoms with Crippen LogP contribution in [0.1, 0.15) is 11.4 Å². The zero-order valence-corrected chi connectivity index (χ0v) is 14.1. The number of benzene rings is 2. The molecule has 3 aromatic rings. The van der Waals surface area contributed by atoms with Gasteiger partial charge in [-0.1, -0.05) is 17.7 Å². The fraction of sp³-hybridized carbons (Fsp3) is 0.133. The van der Waals surface area contributed by atoms with Crippen LogP contribution in [0.4, 0.5) is 4.39 Å². The van der Waals surface area contributed by atoms with Gasteiger partial charge in [-0.3, -0.25) is 4.57 Å². The van der Waals surface area contributed by atoms with E-state index in [2.05, 4.69) is 20.9 Å². The minimum absolute atomic E-state index is 0.222. The Morgan fingerprint density at radius 1 is 1.33 bits per heavy atom. The number of aromatic nitrogens is 2. The Labute approximate surface area is 139 Å². The molecule has 108 valence electrons. The van der Waals surface area contributed by atoms with Crippen LogP contribution >= 0.6 is 39.1 Å². The van der Waals surface area contributed by atoms with Gasteiger partial charge in [0.15, 0.2) is 0 Å². The Morgan fingerprint density at radius 3 is 2.81 bits per heavy atom. The summed E-state index contributed by atoms with van der Waals surface area (Å²) >= 11 is 15.4. The summed E-state index contributed by atoms with van der Waals surface area (Å²) in [5, 5.41) is 0.663. The maximum absolute atomic E-state index is 13.7. The smallest absolute Gasteiger partial charge is 0.139 e. The second-order valence-electron chi connectivity index (χ2n) is 4.64. The summed E-state index contributed by atoms with van der Waals surface area (Å²) in [6.45, 7) is 1.93. The Bertz CT molecular complexity index is 845. The first-order valence-electron chi connectivity index (χ1n) is 6.20. The van der Waals surface area contributed by atoms with Crippen molar-refractivity contribution >= 4 is 50.2 Å². The van der Waals surface area contributed by atoms with Gasteiger partial charge in [0, 0.05) is 11.1 Å². The molecule has 0 bridgehead atoms. The van der Waals surface area contributed by atoms with Crippen LogP contribution in [0.3, 0.4) is 0 Å². The van der Waals surface area contributed by atoms with E-state index in [-0.39, 0.29) is 11.7 Å². The van der Waals surface area contributed by atoms with Crippen LogP contribution in [0.5, 0.6) is 0 Å². The lowest BCUT2D eigenvalue weighted by Crippen LogP contribution is -2.02. The first kappa shape index (κ1) is 14.8. The molecule has 0 aliphatic carbocycles. The molecule has 3 rings (SSSR count). The standard InChI is InChI=1S/C15H10BrCl2FN2/c1-8-10(18)3-2-4-13(8)21-14-5-9(16)11(19)6-12(14)20-15(21)7-17/h2-6H,7H2,1H3. The summed E-state index contributed by atoms with van der Waals surface area (Å²) in [6, 6.07) is 8.73. The molecule has 0 unspecified atom stereocenters. The Hall–Kier alpha value is -1.10. The van der Waals surface area contributed by atoms with E-state index in [1.807, 2.05) is 29.7 Å². The molecule has 2 aromatic carbocycles. The molecular formula is C15H10BrCl2FN2. The van der Waals surface area contributed by atoms with Gasteiger partial charge >= 0.3 is 0 Å². The fourth-order valence-electron chi connectivity index (χ4n) is 2.32. The first-order valence-corrected chi connectivity index (χ1v) is 7.91. The molecular weight excluding hydrogens is 378 g/mol. The zero-order chi connectivity index (χ0) is 15.1. The molecule has 21 heavy (non-hydrogen) atoms. The predicted molar refractivity (Wildman–Crippen MR) is 88.0 cm³/mol. The molecule has 1 aromatic heterocycles. The molecule has 0 N–H and O–H groups in total. The third-order valence-corrected chi connectivity index (χ3v) is 4.62. The highest BCUT2D eigenvalue weighted by molar-refractivity contribution is 9.10. The van der Waals surface area contributed by atoms with Crippen LogP contribution in [-0.4, -0.2) is 9.55 Å². The van der Waals surface area contributed by atoms with Gasteiger partial charge in [-0.05, 0) is 46.6 Å². The summed E-state index contributed by atoms with van der Waals surface area (Å²) in [4.78, 5) is 4.41. The summed E-state index contributed by atoms with van der Waals surface area (Å²) < 4.78 is 16.0. The van der Waals surface area contributed by atoms with Gasteiger partial charge in [0.2, 0.25) is 0 Å². The summed E-state index contributed by atoms with van der Waals surface area (Å²) in [6.07, 6.45) is 0. The van der Waals surface area contributed by atoms with E-state index >= 15 is 0 Å². The molecule has 1 heterocycles. The normalized spacial score (nSPS) is 11.3. The molecule has 0 atom stereocenters. The minimum atomic E-state index is -0.351. The zero-order valence-electron chi connectivity index (χ0n) is 11.0. The van der Waals surface area contributed by atoms with Gasteiger partial charge in [-0.2, -0.15) is 0 Å². The maximum atomic E-state index is 13.7. The fourth-order valence-corrected chi connectivity index (χ4v) is 3.00. The van der Waals surface area contributed by atoms with Crippen molar-refractivity contribution in [1.82, 2.24) is 9.55 Å². The topological polar surface area (TPSA) is 17.8 Å². The highest BCUT2D eigenvalue weighted by atomic mass is 79.9. The molecule has 2 nitrogen and oxygen atoms in total. The van der Waals surface area contributed by atoms with Crippen LogP contribution in [0.15, 0.2) is 34.8 Å². The van der Waals surface area contributed by atoms with E-state index in [4.69, 9.17) is 23.2 Å². The highest BCUT2D eigenvalue weighted by Crippen LogP contribution is 2.30. The van der Waals surface area contributed by atoms with Crippen molar-refractivity contribution in [3.8, 4) is 5.69 Å². The molecule has 0 radical (unpaired) electrons. The Balaban J connectivity index is 2.40. The average Bonchev–Trinajstić information content (AvgIpc) is 2.80. The lowest BCUT2D eigenvalue weighted by molar-refractivity contribution is 0.623. The summed E-state index contributed by atoms with van der Waals surface area (Å²) in [5.74, 6) is 0.519. The lowest BCUT2D eigenvalue weighted by Gasteiger charge is -2.12. The van der Waals surface area contributed by atoms with Crippen molar-refractivity contribution in [3.05, 3.63) is 57.0 Å². The van der Waals surface area contributed by atoms with Gasteiger partial charge in [0.25, 0.3) is 0 Å². The van der Waals surface area contributed by atoms with Crippen molar-refractivity contribution in [1.29, 1.82) is 0 Å². The summed E-state index contributed by atoms with van der Waals surface area (Å²) in [5.41, 5.74) is 3.15. The predicted octanol–water partition coefficient (Wildman–Crippen LogP) is 5.63. The number of hydrogen-bond donors (Lipinski definition) is 0. The molecule has 0 saturated carbocycles. The van der Waals surface area contributed by atoms with E-state index in [0.29, 0.717) is 20.8 Å². The van der Waals surface area contributed by atoms with E-state index in [1.165, 1.54) is 6.07 Å². The van der Waals surface area contributed by atoms with Gasteiger partial charge in [-0.25, -0.2) is 9.37 Å². The van der Waals surface area contributed by atoms with Crippen molar-refractivity contribution in [2.24, 2.45) is 0 Å². The van der Waals surface area contributed by atoms with Crippen molar-refractivity contribution < 1.29 is 4.39 Å². The molecule has 0 aliphatic heterocycles. The number of imidazole rings is 1. The maximum Gasteiger partial charge on any atom is 0.139 e. The number of halogens is 4. The van der Waals surface area contributed by atoms with Crippen molar-refractivity contribution in [2.45, 2.75) is 12.8 Å². The second kappa shape index (κ2) is 5.59. The minimum Gasteiger partial charge on any atom is -0.295 e. The van der Waals surface area contributed by atoms with Crippen molar-refractivity contribution in [2.75, 3.05) is 0 Å². The van der Waals surface area contributed by atoms with Gasteiger partial charge in [0.1, 0.15) is 11.6 Å². The number of rotatable bonds is 2. The van der Waals surface area contributed by atoms with E-state index in [9.17, 15) is 4.39 Å². The average molecular weight is 388 g/mol. The number of alkyl halides is 1. The third kappa shape index (κ3) is 2.45. The molecule has 0 amide bonds. The van der Waals surface area contributed by atoms with Crippen LogP contribution < -0.4 is 0 Å². The molecule has 0 fully saturated rings. The van der Waals surface area contributed by atoms with Gasteiger partial charge < -0.3 is 0 Å². The Morgan fingerprint density at radius 2 is 2.10 bits per heavy atom. The van der Waals surface area contributed by atoms with E-state index in [1.54, 1.807) is 6.07 Å². The second-order valence-corrected chi connectivity index (χ2v) is 6.16. The highest BCUT2D eigenvalue weighted by Gasteiger charge is 2.16. The van der Waals surface area contributed by atoms with Gasteiger partial charge in [0.05, 0.1) is 27.1 Å². The van der Waals surface area contributed by atoms with Crippen LogP contribution in [0.2, 0.25) is 5.02 Å². The van der Waals surface area contributed by atoms with Crippen LogP contribution in [-0.2, 0) is 5.88 Å². The van der Waals surface area contributed by atoms with E-state index < -0.39 is 0 Å². The number of fused-ring (bicyclic) bond motifs is 1. The van der Waals surface area contributed by atoms with Crippen LogP contribution in [0, 0.1) is 12.7 Å². The SMILES string of the molecule is Cc1c(Cl)cccc1-n1c(CCl)nc2cc(F)c(Br)cc21. The third-order valence-electron chi connectivity index (χ3n) is 3.37. The lowest BCUT2D eigenvalue weighted by atomic mass is 10.2. The molecule has 0 spiro atoms. The quantitative estimate of drug-likeness (QED) is 0.521. The molecule has 0 saturated heterocycles. The monoisotopic (exact) mass is 386 g/mol. The van der Waals surface area contributed by atoms with Crippen molar-refractivity contribution in [3.63, 3.8) is 0 Å². The Kier molecular flexibility index (Phi) is 3.95. The molecule has 0 aliphatic rings. The molecule has 6 heteroatoms.